The molecule has 1 aromatic rings. The second-order valence-electron chi connectivity index (χ2n) is 4.54. The Labute approximate surface area is 98.7 Å². The highest BCUT2D eigenvalue weighted by atomic mass is 127. The summed E-state index contributed by atoms with van der Waals surface area (Å²) in [4.78, 5) is 0. The van der Waals surface area contributed by atoms with E-state index in [2.05, 4.69) is 53.8 Å². The van der Waals surface area contributed by atoms with Gasteiger partial charge in [0.25, 0.3) is 0 Å². The molecule has 2 heteroatoms. The van der Waals surface area contributed by atoms with Crippen molar-refractivity contribution in [3.63, 3.8) is 0 Å². The Balaban J connectivity index is 2.01. The van der Waals surface area contributed by atoms with Crippen molar-refractivity contribution in [3.8, 4) is 0 Å². The van der Waals surface area contributed by atoms with Gasteiger partial charge in [-0.3, -0.25) is 0 Å². The van der Waals surface area contributed by atoms with Gasteiger partial charge in [-0.2, -0.15) is 0 Å². The lowest BCUT2D eigenvalue weighted by Crippen LogP contribution is -2.44. The van der Waals surface area contributed by atoms with E-state index in [9.17, 15) is 5.11 Å². The van der Waals surface area contributed by atoms with Gasteiger partial charge in [-0.1, -0.05) is 19.1 Å². The molecular weight excluding hydrogens is 287 g/mol. The molecule has 0 unspecified atom stereocenters. The zero-order valence-electron chi connectivity index (χ0n) is 8.33. The number of hydrogen-bond donors (Lipinski definition) is 1. The third-order valence-electron chi connectivity index (χ3n) is 2.90. The third-order valence-corrected chi connectivity index (χ3v) is 3.62. The van der Waals surface area contributed by atoms with Gasteiger partial charge in [0.15, 0.2) is 0 Å². The average Bonchev–Trinajstić information content (AvgIpc) is 2.07. The molecule has 1 fully saturated rings. The summed E-state index contributed by atoms with van der Waals surface area (Å²) in [5, 5.41) is 10.1. The second kappa shape index (κ2) is 3.81. The lowest BCUT2D eigenvalue weighted by atomic mass is 9.69. The summed E-state index contributed by atoms with van der Waals surface area (Å²) in [5.74, 6) is 0.698. The number of aliphatic hydroxyl groups is 1. The quantitative estimate of drug-likeness (QED) is 0.833. The van der Waals surface area contributed by atoms with Crippen LogP contribution in [0.5, 0.6) is 0 Å². The summed E-state index contributed by atoms with van der Waals surface area (Å²) in [6.07, 6.45) is 2.73. The first-order valence-corrected chi connectivity index (χ1v) is 6.12. The molecule has 14 heavy (non-hydrogen) atoms. The molecule has 0 amide bonds. The van der Waals surface area contributed by atoms with E-state index in [0.29, 0.717) is 5.92 Å². The van der Waals surface area contributed by atoms with Crippen molar-refractivity contribution in [3.05, 3.63) is 33.4 Å². The molecule has 1 aliphatic rings. The monoisotopic (exact) mass is 302 g/mol. The summed E-state index contributed by atoms with van der Waals surface area (Å²) in [7, 11) is 0. The molecule has 0 aliphatic heterocycles. The minimum absolute atomic E-state index is 0.411. The molecule has 1 nitrogen and oxygen atoms in total. The molecule has 0 heterocycles. The summed E-state index contributed by atoms with van der Waals surface area (Å²) in [5.41, 5.74) is 0.839. The normalized spacial score (nSPS) is 31.2. The van der Waals surface area contributed by atoms with Gasteiger partial charge in [-0.25, -0.2) is 0 Å². The smallest absolute Gasteiger partial charge is 0.0693 e. The summed E-state index contributed by atoms with van der Waals surface area (Å²) in [6.45, 7) is 2.20. The van der Waals surface area contributed by atoms with Crippen LogP contribution < -0.4 is 0 Å². The van der Waals surface area contributed by atoms with E-state index in [1.54, 1.807) is 0 Å². The van der Waals surface area contributed by atoms with Crippen LogP contribution in [-0.2, 0) is 6.42 Å². The fourth-order valence-electron chi connectivity index (χ4n) is 2.36. The Morgan fingerprint density at radius 3 is 2.43 bits per heavy atom. The molecule has 0 atom stereocenters. The number of halogens is 1. The van der Waals surface area contributed by atoms with Crippen LogP contribution in [-0.4, -0.2) is 10.7 Å². The molecule has 0 aromatic heterocycles. The second-order valence-corrected chi connectivity index (χ2v) is 5.79. The van der Waals surface area contributed by atoms with E-state index < -0.39 is 5.60 Å². The van der Waals surface area contributed by atoms with Gasteiger partial charge in [0.05, 0.1) is 5.60 Å². The van der Waals surface area contributed by atoms with E-state index in [4.69, 9.17) is 0 Å². The molecule has 1 saturated carbocycles. The zero-order chi connectivity index (χ0) is 10.2. The van der Waals surface area contributed by atoms with E-state index in [1.165, 1.54) is 9.13 Å². The molecule has 1 aliphatic carbocycles. The fraction of sp³-hybridized carbons (Fsp3) is 0.500. The van der Waals surface area contributed by atoms with Crippen molar-refractivity contribution in [2.45, 2.75) is 31.8 Å². The van der Waals surface area contributed by atoms with E-state index in [1.807, 2.05) is 0 Å². The van der Waals surface area contributed by atoms with E-state index in [0.717, 1.165) is 19.3 Å². The highest BCUT2D eigenvalue weighted by Gasteiger charge is 2.39. The van der Waals surface area contributed by atoms with Crippen LogP contribution >= 0.6 is 22.6 Å². The van der Waals surface area contributed by atoms with Crippen LogP contribution in [0, 0.1) is 9.49 Å². The summed E-state index contributed by atoms with van der Waals surface area (Å²) >= 11 is 2.30. The Kier molecular flexibility index (Phi) is 2.84. The molecule has 0 bridgehead atoms. The minimum atomic E-state index is -0.411. The largest absolute Gasteiger partial charge is 0.390 e. The van der Waals surface area contributed by atoms with Crippen LogP contribution in [0.4, 0.5) is 0 Å². The summed E-state index contributed by atoms with van der Waals surface area (Å²) < 4.78 is 1.25. The van der Waals surface area contributed by atoms with Gasteiger partial charge in [0.2, 0.25) is 0 Å². The first kappa shape index (κ1) is 10.4. The maximum absolute atomic E-state index is 10.1. The van der Waals surface area contributed by atoms with E-state index in [-0.39, 0.29) is 0 Å². The predicted molar refractivity (Wildman–Crippen MR) is 66.2 cm³/mol. The molecule has 0 radical (unpaired) electrons. The fourth-order valence-corrected chi connectivity index (χ4v) is 2.72. The maximum atomic E-state index is 10.1. The zero-order valence-corrected chi connectivity index (χ0v) is 10.5. The Morgan fingerprint density at radius 2 is 1.93 bits per heavy atom. The molecule has 76 valence electrons. The van der Waals surface area contributed by atoms with Crippen molar-refractivity contribution < 1.29 is 5.11 Å². The lowest BCUT2D eigenvalue weighted by molar-refractivity contribution is -0.0665. The first-order chi connectivity index (χ1) is 6.57. The topological polar surface area (TPSA) is 20.2 Å². The Bertz CT molecular complexity index is 312. The lowest BCUT2D eigenvalue weighted by Gasteiger charge is -2.42. The van der Waals surface area contributed by atoms with Gasteiger partial charge in [0, 0.05) is 9.99 Å². The van der Waals surface area contributed by atoms with Gasteiger partial charge in [-0.05, 0) is 59.0 Å². The first-order valence-electron chi connectivity index (χ1n) is 5.04. The molecule has 0 spiro atoms. The van der Waals surface area contributed by atoms with Crippen molar-refractivity contribution in [2.75, 3.05) is 0 Å². The molecule has 0 saturated heterocycles. The van der Waals surface area contributed by atoms with Crippen LogP contribution in [0.15, 0.2) is 24.3 Å². The highest BCUT2D eigenvalue weighted by molar-refractivity contribution is 14.1. The van der Waals surface area contributed by atoms with Gasteiger partial charge in [0.1, 0.15) is 0 Å². The van der Waals surface area contributed by atoms with Crippen LogP contribution in [0.2, 0.25) is 0 Å². The Morgan fingerprint density at radius 1 is 1.36 bits per heavy atom. The predicted octanol–water partition coefficient (Wildman–Crippen LogP) is 2.99. The van der Waals surface area contributed by atoms with Gasteiger partial charge < -0.3 is 5.11 Å². The Hall–Kier alpha value is -0.0900. The van der Waals surface area contributed by atoms with E-state index >= 15 is 0 Å². The highest BCUT2D eigenvalue weighted by Crippen LogP contribution is 2.39. The van der Waals surface area contributed by atoms with Crippen LogP contribution in [0.25, 0.3) is 0 Å². The van der Waals surface area contributed by atoms with Crippen molar-refractivity contribution >= 4 is 22.6 Å². The molecular formula is C12H15IO. The SMILES string of the molecule is CC1CC(O)(Cc2ccc(I)cc2)C1. The average molecular weight is 302 g/mol. The minimum Gasteiger partial charge on any atom is -0.390 e. The van der Waals surface area contributed by atoms with Crippen molar-refractivity contribution in [1.82, 2.24) is 0 Å². The number of benzene rings is 1. The maximum Gasteiger partial charge on any atom is 0.0693 e. The van der Waals surface area contributed by atoms with Crippen molar-refractivity contribution in [2.24, 2.45) is 5.92 Å². The number of rotatable bonds is 2. The standard InChI is InChI=1S/C12H15IO/c1-9-6-12(14,7-9)8-10-2-4-11(13)5-3-10/h2-5,9,14H,6-8H2,1H3. The van der Waals surface area contributed by atoms with Gasteiger partial charge in [-0.15, -0.1) is 0 Å². The molecule has 2 rings (SSSR count). The number of hydrogen-bond acceptors (Lipinski definition) is 1. The summed E-state index contributed by atoms with van der Waals surface area (Å²) in [6, 6.07) is 8.42. The molecule has 1 N–H and O–H groups in total. The van der Waals surface area contributed by atoms with Gasteiger partial charge >= 0.3 is 0 Å². The van der Waals surface area contributed by atoms with Crippen LogP contribution in [0.3, 0.4) is 0 Å². The third kappa shape index (κ3) is 2.28. The van der Waals surface area contributed by atoms with Crippen molar-refractivity contribution in [1.29, 1.82) is 0 Å². The van der Waals surface area contributed by atoms with Crippen LogP contribution in [0.1, 0.15) is 25.3 Å². The molecule has 1 aromatic carbocycles.